The van der Waals surface area contributed by atoms with Crippen molar-refractivity contribution in [2.24, 2.45) is 0 Å². The zero-order valence-corrected chi connectivity index (χ0v) is 40.5. The minimum Gasteiger partial charge on any atom is -0.341 e. The Labute approximate surface area is 416 Å². The summed E-state index contributed by atoms with van der Waals surface area (Å²) in [5.74, 6) is 0. The molecule has 14 rings (SSSR count). The Kier molecular flexibility index (Phi) is 9.16. The molecule has 0 saturated heterocycles. The van der Waals surface area contributed by atoms with Crippen molar-refractivity contribution >= 4 is 67.0 Å². The average molecular weight is 913 g/mol. The largest absolute Gasteiger partial charge is 0.341 e. The Balaban J connectivity index is 1.05. The second-order valence-electron chi connectivity index (χ2n) is 20.1. The van der Waals surface area contributed by atoms with Gasteiger partial charge in [-0.15, -0.1) is 0 Å². The fourth-order valence-corrected chi connectivity index (χ4v) is 12.5. The van der Waals surface area contributed by atoms with E-state index in [0.29, 0.717) is 0 Å². The first-order chi connectivity index (χ1) is 34.8. The number of rotatable bonds is 5. The van der Waals surface area contributed by atoms with Crippen LogP contribution in [0.25, 0.3) is 66.1 Å². The summed E-state index contributed by atoms with van der Waals surface area (Å²) in [6.45, 7) is 4.74. The summed E-state index contributed by atoms with van der Waals surface area (Å²) < 4.78 is 0. The van der Waals surface area contributed by atoms with Crippen LogP contribution in [0.1, 0.15) is 37.8 Å². The van der Waals surface area contributed by atoms with E-state index in [4.69, 9.17) is 0 Å². The molecule has 0 spiro atoms. The van der Waals surface area contributed by atoms with Crippen molar-refractivity contribution < 1.29 is 0 Å². The van der Waals surface area contributed by atoms with Crippen molar-refractivity contribution in [3.05, 3.63) is 241 Å². The normalized spacial score (nSPS) is 15.1. The maximum atomic E-state index is 2.53. The molecule has 2 heterocycles. The van der Waals surface area contributed by atoms with E-state index in [9.17, 15) is 0 Å². The maximum Gasteiger partial charge on any atom is 0.0699 e. The highest BCUT2D eigenvalue weighted by Crippen LogP contribution is 2.55. The van der Waals surface area contributed by atoms with Gasteiger partial charge in [-0.3, -0.25) is 0 Å². The Morgan fingerprint density at radius 3 is 1.59 bits per heavy atom. The molecule has 10 aromatic rings. The van der Waals surface area contributed by atoms with Crippen LogP contribution in [0.3, 0.4) is 0 Å². The topological polar surface area (TPSA) is 13.0 Å². The van der Waals surface area contributed by atoms with E-state index < -0.39 is 0 Å². The van der Waals surface area contributed by atoms with Crippen LogP contribution in [-0.4, -0.2) is 14.1 Å². The first-order valence-corrected chi connectivity index (χ1v) is 25.0. The van der Waals surface area contributed by atoms with Gasteiger partial charge in [0.25, 0.3) is 0 Å². The summed E-state index contributed by atoms with van der Waals surface area (Å²) in [4.78, 5) is 9.67. The Bertz CT molecular complexity index is 3870. The van der Waals surface area contributed by atoms with Crippen LogP contribution in [0.15, 0.2) is 230 Å². The summed E-state index contributed by atoms with van der Waals surface area (Å²) in [6, 6.07) is 77.3. The summed E-state index contributed by atoms with van der Waals surface area (Å²) in [6.07, 6.45) is 6.61. The molecule has 2 aliphatic heterocycles. The molecule has 0 atom stereocenters. The van der Waals surface area contributed by atoms with Crippen molar-refractivity contribution in [1.29, 1.82) is 0 Å². The number of likely N-dealkylation sites (N-methyl/N-ethyl adjacent to an activating group) is 1. The van der Waals surface area contributed by atoms with E-state index in [-0.39, 0.29) is 5.41 Å². The van der Waals surface area contributed by atoms with Crippen molar-refractivity contribution in [1.82, 2.24) is 0 Å². The van der Waals surface area contributed by atoms with Crippen molar-refractivity contribution in [2.45, 2.75) is 32.1 Å². The quantitative estimate of drug-likeness (QED) is 0.160. The van der Waals surface area contributed by atoms with E-state index in [1.54, 1.807) is 0 Å². The summed E-state index contributed by atoms with van der Waals surface area (Å²) in [5, 5.41) is 4.88. The summed E-state index contributed by atoms with van der Waals surface area (Å²) >= 11 is 0. The van der Waals surface area contributed by atoms with Gasteiger partial charge in [-0.1, -0.05) is 153 Å². The molecule has 0 saturated carbocycles. The van der Waals surface area contributed by atoms with Crippen LogP contribution in [0.4, 0.5) is 45.5 Å². The number of benzene rings is 10. The molecule has 4 nitrogen and oxygen atoms in total. The van der Waals surface area contributed by atoms with E-state index in [2.05, 4.69) is 266 Å². The zero-order chi connectivity index (χ0) is 47.5. The minimum absolute atomic E-state index is 0.0944. The molecule has 10 aromatic carbocycles. The van der Waals surface area contributed by atoms with Gasteiger partial charge in [0.1, 0.15) is 0 Å². The molecule has 2 aliphatic carbocycles. The van der Waals surface area contributed by atoms with Gasteiger partial charge in [-0.05, 0) is 169 Å². The first-order valence-electron chi connectivity index (χ1n) is 25.0. The molecular weight excluding hydrogens is 861 g/mol. The molecule has 0 unspecified atom stereocenters. The SMILES string of the molecule is CN1C2=C(CCC=C2)N(c2ccc3c(-c4cccc(-c5ccc6c(c5)C(C)(C)c5ccccc5-6)c4)c4cc(N5c6ccccc6N(C)c6ccccc65)ccc4c(-c4ccccc4)c3c2)c2ccccc21. The van der Waals surface area contributed by atoms with Crippen LogP contribution in [0.2, 0.25) is 0 Å². The van der Waals surface area contributed by atoms with Crippen molar-refractivity contribution in [3.63, 3.8) is 0 Å². The number of fused-ring (bicyclic) bond motifs is 8. The van der Waals surface area contributed by atoms with E-state index in [0.717, 1.165) is 29.9 Å². The van der Waals surface area contributed by atoms with Crippen LogP contribution in [0, 0.1) is 0 Å². The number of hydrogen-bond donors (Lipinski definition) is 0. The third-order valence-electron chi connectivity index (χ3n) is 15.9. The highest BCUT2D eigenvalue weighted by Gasteiger charge is 2.36. The van der Waals surface area contributed by atoms with Crippen molar-refractivity contribution in [3.8, 4) is 44.5 Å². The predicted octanol–water partition coefficient (Wildman–Crippen LogP) is 18.0. The molecule has 4 heteroatoms. The third-order valence-corrected chi connectivity index (χ3v) is 15.9. The maximum absolute atomic E-state index is 2.53. The van der Waals surface area contributed by atoms with Crippen LogP contribution < -0.4 is 19.6 Å². The van der Waals surface area contributed by atoms with E-state index in [1.807, 2.05) is 0 Å². The molecule has 4 aliphatic rings. The van der Waals surface area contributed by atoms with Gasteiger partial charge in [0.05, 0.1) is 39.8 Å². The standard InChI is InChI=1S/C67H52N4/c1-67(2)55-24-9-8-23-49(55)50-36-33-45(40-56(50)67)44-21-18-22-46(39-44)66-52-38-35-47(70-61-29-14-10-25-57(61)68(3)58-26-11-15-30-62(58)70)41-53(52)65(43-19-6-5-7-20-43)51-37-34-48(42-54(51)66)71-63-31-16-12-27-59(63)69(4)60-28-13-17-32-64(60)71/h5-14,16-29,31-42H,15,30H2,1-4H3. The van der Waals surface area contributed by atoms with Crippen LogP contribution in [-0.2, 0) is 5.41 Å². The molecule has 340 valence electrons. The smallest absolute Gasteiger partial charge is 0.0699 e. The minimum atomic E-state index is -0.0944. The van der Waals surface area contributed by atoms with E-state index >= 15 is 0 Å². The predicted molar refractivity (Wildman–Crippen MR) is 300 cm³/mol. The van der Waals surface area contributed by atoms with Gasteiger partial charge < -0.3 is 19.6 Å². The lowest BCUT2D eigenvalue weighted by molar-refractivity contribution is 0.660. The third kappa shape index (κ3) is 6.17. The molecule has 0 aromatic heterocycles. The fraction of sp³-hybridized carbons (Fsp3) is 0.104. The van der Waals surface area contributed by atoms with Gasteiger partial charge in [0, 0.05) is 36.6 Å². The average Bonchev–Trinajstić information content (AvgIpc) is 3.65. The van der Waals surface area contributed by atoms with Gasteiger partial charge in [-0.25, -0.2) is 0 Å². The Hall–Kier alpha value is -8.60. The van der Waals surface area contributed by atoms with Crippen molar-refractivity contribution in [2.75, 3.05) is 33.7 Å². The van der Waals surface area contributed by atoms with Gasteiger partial charge in [-0.2, -0.15) is 0 Å². The fourth-order valence-electron chi connectivity index (χ4n) is 12.5. The molecule has 0 fully saturated rings. The summed E-state index contributed by atoms with van der Waals surface area (Å²) in [5.41, 5.74) is 24.6. The molecule has 0 radical (unpaired) electrons. The second-order valence-corrected chi connectivity index (χ2v) is 20.1. The van der Waals surface area contributed by atoms with Gasteiger partial charge in [0.2, 0.25) is 0 Å². The molecule has 0 N–H and O–H groups in total. The monoisotopic (exact) mass is 912 g/mol. The lowest BCUT2D eigenvalue weighted by Gasteiger charge is -2.41. The lowest BCUT2D eigenvalue weighted by atomic mass is 9.81. The van der Waals surface area contributed by atoms with Crippen LogP contribution in [0.5, 0.6) is 0 Å². The first kappa shape index (κ1) is 41.4. The number of para-hydroxylation sites is 6. The zero-order valence-electron chi connectivity index (χ0n) is 40.5. The van der Waals surface area contributed by atoms with Gasteiger partial charge >= 0.3 is 0 Å². The highest BCUT2D eigenvalue weighted by atomic mass is 15.3. The molecule has 0 amide bonds. The molecule has 0 bridgehead atoms. The van der Waals surface area contributed by atoms with E-state index in [1.165, 1.54) is 117 Å². The number of allylic oxidation sites excluding steroid dienone is 3. The molecular formula is C67H52N4. The Morgan fingerprint density at radius 2 is 0.901 bits per heavy atom. The number of nitrogens with zero attached hydrogens (tertiary/aromatic N) is 4. The number of hydrogen-bond acceptors (Lipinski definition) is 4. The molecule has 71 heavy (non-hydrogen) atoms. The lowest BCUT2D eigenvalue weighted by Crippen LogP contribution is -2.32. The Morgan fingerprint density at radius 1 is 0.380 bits per heavy atom. The van der Waals surface area contributed by atoms with Gasteiger partial charge in [0.15, 0.2) is 0 Å². The highest BCUT2D eigenvalue weighted by molar-refractivity contribution is 6.23. The van der Waals surface area contributed by atoms with Crippen LogP contribution >= 0.6 is 0 Å². The second kappa shape index (κ2) is 15.7. The summed E-state index contributed by atoms with van der Waals surface area (Å²) in [7, 11) is 4.38. The number of anilines is 8.